The van der Waals surface area contributed by atoms with Crippen molar-refractivity contribution in [3.05, 3.63) is 40.8 Å². The van der Waals surface area contributed by atoms with Gasteiger partial charge in [-0.25, -0.2) is 0 Å². The SMILES string of the molecule is CO[P+]1([O-])Oc2ccccc2C(=O)/C1=C(/C)N. The molecule has 0 amide bonds. The molecule has 0 saturated carbocycles. The van der Waals surface area contributed by atoms with Crippen LogP contribution in [0.5, 0.6) is 5.75 Å². The molecule has 0 bridgehead atoms. The maximum atomic E-state index is 12.3. The molecule has 1 aromatic rings. The first kappa shape index (κ1) is 12.0. The van der Waals surface area contributed by atoms with Crippen LogP contribution in [-0.2, 0) is 4.52 Å². The van der Waals surface area contributed by atoms with Crippen LogP contribution in [-0.4, -0.2) is 12.9 Å². The Morgan fingerprint density at radius 3 is 2.71 bits per heavy atom. The Morgan fingerprint density at radius 2 is 2.12 bits per heavy atom. The lowest BCUT2D eigenvalue weighted by Crippen LogP contribution is -2.29. The molecule has 0 radical (unpaired) electrons. The van der Waals surface area contributed by atoms with Gasteiger partial charge in [0, 0.05) is 0 Å². The summed E-state index contributed by atoms with van der Waals surface area (Å²) < 4.78 is 10.1. The molecule has 2 N–H and O–H groups in total. The maximum Gasteiger partial charge on any atom is 0.323 e. The van der Waals surface area contributed by atoms with E-state index in [1.54, 1.807) is 24.3 Å². The first-order valence-corrected chi connectivity index (χ1v) is 6.50. The number of fused-ring (bicyclic) bond motifs is 1. The van der Waals surface area contributed by atoms with E-state index in [1.807, 2.05) is 0 Å². The van der Waals surface area contributed by atoms with Gasteiger partial charge in [-0.05, 0) is 19.1 Å². The molecule has 0 spiro atoms. The number of rotatable bonds is 1. The quantitative estimate of drug-likeness (QED) is 0.600. The fourth-order valence-electron chi connectivity index (χ4n) is 1.68. The Hall–Kier alpha value is -1.42. The molecular weight excluding hydrogens is 241 g/mol. The molecule has 1 aliphatic rings. The summed E-state index contributed by atoms with van der Waals surface area (Å²) in [5.41, 5.74) is 6.08. The van der Waals surface area contributed by atoms with Crippen LogP contribution in [0, 0.1) is 0 Å². The van der Waals surface area contributed by atoms with Crippen LogP contribution in [0.3, 0.4) is 0 Å². The minimum Gasteiger partial charge on any atom is -0.620 e. The molecule has 6 heteroatoms. The Balaban J connectivity index is 2.66. The fraction of sp³-hybridized carbons (Fsp3) is 0.182. The summed E-state index contributed by atoms with van der Waals surface area (Å²) >= 11 is 0. The largest absolute Gasteiger partial charge is 0.620 e. The summed E-state index contributed by atoms with van der Waals surface area (Å²) in [5.74, 6) is -0.148. The van der Waals surface area contributed by atoms with E-state index in [0.29, 0.717) is 5.56 Å². The highest BCUT2D eigenvalue weighted by Gasteiger charge is 2.48. The Labute approximate surface area is 99.4 Å². The second-order valence-electron chi connectivity index (χ2n) is 3.63. The lowest BCUT2D eigenvalue weighted by atomic mass is 10.1. The van der Waals surface area contributed by atoms with Crippen molar-refractivity contribution in [2.45, 2.75) is 6.92 Å². The first-order chi connectivity index (χ1) is 7.99. The van der Waals surface area contributed by atoms with Crippen LogP contribution in [0.1, 0.15) is 17.3 Å². The number of para-hydroxylation sites is 1. The molecule has 1 atom stereocenters. The molecule has 5 nitrogen and oxygen atoms in total. The van der Waals surface area contributed by atoms with Crippen molar-refractivity contribution in [3.8, 4) is 5.75 Å². The number of Topliss-reactive ketones (excluding diaryl/α,β-unsaturated/α-hetero) is 1. The third-order valence-corrected chi connectivity index (χ3v) is 4.47. The van der Waals surface area contributed by atoms with Crippen molar-refractivity contribution in [1.29, 1.82) is 0 Å². The van der Waals surface area contributed by atoms with Gasteiger partial charge in [-0.2, -0.15) is 4.52 Å². The van der Waals surface area contributed by atoms with E-state index in [2.05, 4.69) is 0 Å². The predicted molar refractivity (Wildman–Crippen MR) is 62.2 cm³/mol. The minimum absolute atomic E-state index is 0.0845. The van der Waals surface area contributed by atoms with Gasteiger partial charge in [0.25, 0.3) is 0 Å². The molecule has 17 heavy (non-hydrogen) atoms. The monoisotopic (exact) mass is 253 g/mol. The molecule has 0 saturated heterocycles. The van der Waals surface area contributed by atoms with Crippen molar-refractivity contribution in [1.82, 2.24) is 0 Å². The van der Waals surface area contributed by atoms with Crippen LogP contribution in [0.15, 0.2) is 35.3 Å². The van der Waals surface area contributed by atoms with Gasteiger partial charge in [-0.1, -0.05) is 12.1 Å². The van der Waals surface area contributed by atoms with Crippen molar-refractivity contribution < 1.29 is 18.7 Å². The van der Waals surface area contributed by atoms with E-state index in [9.17, 15) is 9.69 Å². The topological polar surface area (TPSA) is 84.6 Å². The summed E-state index contributed by atoms with van der Waals surface area (Å²) in [5, 5.41) is -0.0845. The number of allylic oxidation sites excluding steroid dienone is 2. The Kier molecular flexibility index (Phi) is 2.91. The van der Waals surface area contributed by atoms with Crippen molar-refractivity contribution in [2.24, 2.45) is 5.73 Å². The number of hydrogen-bond donors (Lipinski definition) is 1. The molecule has 1 heterocycles. The average Bonchev–Trinajstić information content (AvgIpc) is 2.28. The van der Waals surface area contributed by atoms with E-state index in [-0.39, 0.29) is 16.8 Å². The zero-order chi connectivity index (χ0) is 12.6. The van der Waals surface area contributed by atoms with Gasteiger partial charge in [0.1, 0.15) is 0 Å². The van der Waals surface area contributed by atoms with E-state index in [0.717, 1.165) is 0 Å². The Bertz CT molecular complexity index is 510. The highest BCUT2D eigenvalue weighted by Crippen LogP contribution is 2.63. The van der Waals surface area contributed by atoms with Gasteiger partial charge >= 0.3 is 7.94 Å². The standard InChI is InChI=1S/C11H12NO4P/c1-7(12)11-10(13)8-5-3-4-6-9(8)16-17(11,14)15-2/h3-6H,12H2,1-2H3/b11-7+. The van der Waals surface area contributed by atoms with E-state index < -0.39 is 13.7 Å². The van der Waals surface area contributed by atoms with Crippen molar-refractivity contribution >= 4 is 13.7 Å². The first-order valence-electron chi connectivity index (χ1n) is 4.95. The molecule has 1 aliphatic heterocycles. The van der Waals surface area contributed by atoms with Gasteiger partial charge in [0.2, 0.25) is 11.1 Å². The zero-order valence-electron chi connectivity index (χ0n) is 9.47. The second kappa shape index (κ2) is 4.11. The number of benzene rings is 1. The van der Waals surface area contributed by atoms with Gasteiger partial charge in [-0.3, -0.25) is 4.79 Å². The summed E-state index contributed by atoms with van der Waals surface area (Å²) in [6.45, 7) is 1.50. The molecule has 0 aliphatic carbocycles. The average molecular weight is 253 g/mol. The second-order valence-corrected chi connectivity index (χ2v) is 5.62. The lowest BCUT2D eigenvalue weighted by molar-refractivity contribution is -0.205. The van der Waals surface area contributed by atoms with E-state index in [4.69, 9.17) is 14.8 Å². The van der Waals surface area contributed by atoms with Gasteiger partial charge in [0.15, 0.2) is 5.75 Å². The highest BCUT2D eigenvalue weighted by molar-refractivity contribution is 7.65. The summed E-state index contributed by atoms with van der Waals surface area (Å²) in [6, 6.07) is 6.56. The van der Waals surface area contributed by atoms with Crippen LogP contribution in [0.25, 0.3) is 0 Å². The molecule has 2 rings (SSSR count). The molecule has 0 fully saturated rings. The van der Waals surface area contributed by atoms with Crippen LogP contribution in [0.4, 0.5) is 0 Å². The molecule has 0 aromatic heterocycles. The maximum absolute atomic E-state index is 12.3. The number of carbonyl (C=O) groups is 1. The summed E-state index contributed by atoms with van der Waals surface area (Å²) in [7, 11) is -2.42. The third-order valence-electron chi connectivity index (χ3n) is 2.45. The number of carbonyl (C=O) groups excluding carboxylic acids is 1. The highest BCUT2D eigenvalue weighted by atomic mass is 31.2. The van der Waals surface area contributed by atoms with Crippen LogP contribution in [0.2, 0.25) is 0 Å². The summed E-state index contributed by atoms with van der Waals surface area (Å²) in [6.07, 6.45) is 0. The minimum atomic E-state index is -3.64. The van der Waals surface area contributed by atoms with Crippen LogP contribution >= 0.6 is 7.94 Å². The van der Waals surface area contributed by atoms with Gasteiger partial charge in [-0.15, -0.1) is 0 Å². The summed E-state index contributed by atoms with van der Waals surface area (Å²) in [4.78, 5) is 24.5. The smallest absolute Gasteiger partial charge is 0.323 e. The number of nitrogens with two attached hydrogens (primary N) is 1. The van der Waals surface area contributed by atoms with Gasteiger partial charge < -0.3 is 15.2 Å². The third kappa shape index (κ3) is 1.82. The Morgan fingerprint density at radius 1 is 1.47 bits per heavy atom. The molecule has 1 aromatic carbocycles. The normalized spacial score (nSPS) is 26.2. The zero-order valence-corrected chi connectivity index (χ0v) is 10.4. The van der Waals surface area contributed by atoms with E-state index in [1.165, 1.54) is 14.0 Å². The molecular formula is C11H12NO4P. The van der Waals surface area contributed by atoms with Crippen molar-refractivity contribution in [2.75, 3.05) is 7.11 Å². The van der Waals surface area contributed by atoms with Gasteiger partial charge in [0.05, 0.1) is 18.4 Å². The lowest BCUT2D eigenvalue weighted by Gasteiger charge is -2.31. The molecule has 1 unspecified atom stereocenters. The van der Waals surface area contributed by atoms with Crippen molar-refractivity contribution in [3.63, 3.8) is 0 Å². The molecule has 90 valence electrons. The van der Waals surface area contributed by atoms with Crippen LogP contribution < -0.4 is 15.2 Å². The predicted octanol–water partition coefficient (Wildman–Crippen LogP) is 1.22. The van der Waals surface area contributed by atoms with E-state index >= 15 is 0 Å². The number of ketones is 1. The fourth-order valence-corrected chi connectivity index (χ4v) is 3.25. The number of hydrogen-bond acceptors (Lipinski definition) is 5.